The molecule has 0 aromatic rings. The van der Waals surface area contributed by atoms with Crippen LogP contribution < -0.4 is 10.6 Å². The Balaban J connectivity index is 2.33. The van der Waals surface area contributed by atoms with Crippen molar-refractivity contribution in [3.8, 4) is 0 Å². The number of imide groups is 1. The zero-order valence-electron chi connectivity index (χ0n) is 9.71. The fraction of sp³-hybridized carbons (Fsp3) is 0.727. The third-order valence-corrected chi connectivity index (χ3v) is 2.52. The van der Waals surface area contributed by atoms with Crippen LogP contribution in [-0.4, -0.2) is 23.8 Å². The minimum absolute atomic E-state index is 0.122. The molecule has 0 aromatic carbocycles. The maximum Gasteiger partial charge on any atom is 0.249 e. The van der Waals surface area contributed by atoms with E-state index in [9.17, 15) is 14.4 Å². The van der Waals surface area contributed by atoms with Crippen LogP contribution in [0.5, 0.6) is 0 Å². The van der Waals surface area contributed by atoms with Gasteiger partial charge in [-0.05, 0) is 18.8 Å². The Morgan fingerprint density at radius 1 is 1.50 bits per heavy atom. The average Bonchev–Trinajstić information content (AvgIpc) is 2.19. The van der Waals surface area contributed by atoms with Gasteiger partial charge in [0.15, 0.2) is 0 Å². The summed E-state index contributed by atoms with van der Waals surface area (Å²) in [4.78, 5) is 33.7. The predicted molar refractivity (Wildman–Crippen MR) is 58.4 cm³/mol. The molecule has 0 aromatic heterocycles. The van der Waals surface area contributed by atoms with Gasteiger partial charge in [-0.3, -0.25) is 19.7 Å². The Morgan fingerprint density at radius 2 is 2.19 bits per heavy atom. The highest BCUT2D eigenvalue weighted by Gasteiger charge is 2.27. The maximum atomic E-state index is 11.5. The number of piperidine rings is 1. The van der Waals surface area contributed by atoms with Gasteiger partial charge in [0.05, 0.1) is 0 Å². The van der Waals surface area contributed by atoms with E-state index < -0.39 is 11.9 Å². The van der Waals surface area contributed by atoms with Crippen LogP contribution in [-0.2, 0) is 14.4 Å². The first-order valence-electron chi connectivity index (χ1n) is 5.62. The Hall–Kier alpha value is -1.39. The lowest BCUT2D eigenvalue weighted by Gasteiger charge is -2.21. The Bertz CT molecular complexity index is 300. The molecule has 3 amide bonds. The molecule has 0 radical (unpaired) electrons. The first-order valence-corrected chi connectivity index (χ1v) is 5.62. The van der Waals surface area contributed by atoms with Crippen LogP contribution in [0.1, 0.15) is 39.5 Å². The molecule has 0 aliphatic carbocycles. The Kier molecular flexibility index (Phi) is 4.46. The minimum atomic E-state index is -0.544. The standard InChI is InChI=1S/C11H18N2O3/c1-7(2)3-5-9(14)12-8-4-6-10(15)13-11(8)16/h7-8H,3-6H2,1-2H3,(H,12,14)(H,13,15,16). The molecule has 5 heteroatoms. The summed E-state index contributed by atoms with van der Waals surface area (Å²) < 4.78 is 0. The lowest BCUT2D eigenvalue weighted by Crippen LogP contribution is -2.52. The topological polar surface area (TPSA) is 75.3 Å². The van der Waals surface area contributed by atoms with Crippen LogP contribution in [0.25, 0.3) is 0 Å². The first kappa shape index (κ1) is 12.7. The normalized spacial score (nSPS) is 20.8. The molecule has 1 aliphatic heterocycles. The van der Waals surface area contributed by atoms with Gasteiger partial charge in [0.25, 0.3) is 0 Å². The van der Waals surface area contributed by atoms with Crippen molar-refractivity contribution in [2.24, 2.45) is 5.92 Å². The van der Waals surface area contributed by atoms with Crippen molar-refractivity contribution >= 4 is 17.7 Å². The Morgan fingerprint density at radius 3 is 2.75 bits per heavy atom. The van der Waals surface area contributed by atoms with Crippen LogP contribution in [0.2, 0.25) is 0 Å². The fourth-order valence-corrected chi connectivity index (χ4v) is 1.52. The van der Waals surface area contributed by atoms with E-state index in [0.717, 1.165) is 6.42 Å². The number of carbonyl (C=O) groups excluding carboxylic acids is 3. The van der Waals surface area contributed by atoms with E-state index in [1.54, 1.807) is 0 Å². The summed E-state index contributed by atoms with van der Waals surface area (Å²) in [7, 11) is 0. The zero-order valence-corrected chi connectivity index (χ0v) is 9.71. The second kappa shape index (κ2) is 5.63. The molecule has 1 atom stereocenters. The van der Waals surface area contributed by atoms with Crippen molar-refractivity contribution in [3.63, 3.8) is 0 Å². The lowest BCUT2D eigenvalue weighted by molar-refractivity contribution is -0.137. The molecule has 16 heavy (non-hydrogen) atoms. The summed E-state index contributed by atoms with van der Waals surface area (Å²) >= 11 is 0. The SMILES string of the molecule is CC(C)CCC(=O)NC1CCC(=O)NC1=O. The number of hydrogen-bond donors (Lipinski definition) is 2. The summed E-state index contributed by atoms with van der Waals surface area (Å²) in [5.74, 6) is -0.317. The molecule has 1 heterocycles. The van der Waals surface area contributed by atoms with Crippen LogP contribution >= 0.6 is 0 Å². The van der Waals surface area contributed by atoms with Crippen LogP contribution in [0.4, 0.5) is 0 Å². The molecular weight excluding hydrogens is 208 g/mol. The van der Waals surface area contributed by atoms with Crippen LogP contribution in [0.3, 0.4) is 0 Å². The molecule has 90 valence electrons. The summed E-state index contributed by atoms with van der Waals surface area (Å²) in [6.45, 7) is 4.08. The van der Waals surface area contributed by atoms with E-state index in [-0.39, 0.29) is 11.8 Å². The second-order valence-electron chi connectivity index (χ2n) is 4.50. The fourth-order valence-electron chi connectivity index (χ4n) is 1.52. The van der Waals surface area contributed by atoms with Gasteiger partial charge in [0, 0.05) is 12.8 Å². The highest BCUT2D eigenvalue weighted by atomic mass is 16.2. The third-order valence-electron chi connectivity index (χ3n) is 2.52. The molecule has 1 fully saturated rings. The van der Waals surface area contributed by atoms with Crippen LogP contribution in [0, 0.1) is 5.92 Å². The van der Waals surface area contributed by atoms with Crippen LogP contribution in [0.15, 0.2) is 0 Å². The third kappa shape index (κ3) is 4.00. The van der Waals surface area contributed by atoms with Gasteiger partial charge in [0.2, 0.25) is 17.7 Å². The lowest BCUT2D eigenvalue weighted by atomic mass is 10.0. The van der Waals surface area contributed by atoms with E-state index in [1.807, 2.05) is 13.8 Å². The van der Waals surface area contributed by atoms with Gasteiger partial charge < -0.3 is 5.32 Å². The molecule has 2 N–H and O–H groups in total. The molecule has 5 nitrogen and oxygen atoms in total. The smallest absolute Gasteiger partial charge is 0.249 e. The number of amides is 3. The van der Waals surface area contributed by atoms with Crippen molar-refractivity contribution in [3.05, 3.63) is 0 Å². The van der Waals surface area contributed by atoms with Gasteiger partial charge in [-0.25, -0.2) is 0 Å². The van der Waals surface area contributed by atoms with Crippen molar-refractivity contribution < 1.29 is 14.4 Å². The van der Waals surface area contributed by atoms with E-state index in [0.29, 0.717) is 25.2 Å². The van der Waals surface area contributed by atoms with E-state index in [4.69, 9.17) is 0 Å². The average molecular weight is 226 g/mol. The van der Waals surface area contributed by atoms with E-state index in [1.165, 1.54) is 0 Å². The van der Waals surface area contributed by atoms with E-state index in [2.05, 4.69) is 10.6 Å². The van der Waals surface area contributed by atoms with Gasteiger partial charge in [-0.1, -0.05) is 13.8 Å². The summed E-state index contributed by atoms with van der Waals surface area (Å²) in [6, 6.07) is -0.544. The zero-order chi connectivity index (χ0) is 12.1. The van der Waals surface area contributed by atoms with Crippen molar-refractivity contribution in [1.29, 1.82) is 0 Å². The second-order valence-corrected chi connectivity index (χ2v) is 4.50. The molecule has 1 aliphatic rings. The highest BCUT2D eigenvalue weighted by molar-refractivity contribution is 6.01. The van der Waals surface area contributed by atoms with Crippen molar-refractivity contribution in [1.82, 2.24) is 10.6 Å². The molecule has 0 spiro atoms. The van der Waals surface area contributed by atoms with Gasteiger partial charge in [0.1, 0.15) is 6.04 Å². The molecule has 1 saturated heterocycles. The number of rotatable bonds is 4. The van der Waals surface area contributed by atoms with Crippen molar-refractivity contribution in [2.45, 2.75) is 45.6 Å². The molecule has 0 bridgehead atoms. The number of carbonyl (C=O) groups is 3. The quantitative estimate of drug-likeness (QED) is 0.679. The highest BCUT2D eigenvalue weighted by Crippen LogP contribution is 2.07. The summed E-state index contributed by atoms with van der Waals surface area (Å²) in [5, 5.41) is 4.85. The predicted octanol–water partition coefficient (Wildman–Crippen LogP) is 0.344. The number of nitrogens with one attached hydrogen (secondary N) is 2. The number of hydrogen-bond acceptors (Lipinski definition) is 3. The Labute approximate surface area is 95.0 Å². The van der Waals surface area contributed by atoms with Gasteiger partial charge in [-0.15, -0.1) is 0 Å². The van der Waals surface area contributed by atoms with E-state index >= 15 is 0 Å². The monoisotopic (exact) mass is 226 g/mol. The summed E-state index contributed by atoms with van der Waals surface area (Å²) in [5.41, 5.74) is 0. The minimum Gasteiger partial charge on any atom is -0.344 e. The van der Waals surface area contributed by atoms with Gasteiger partial charge in [-0.2, -0.15) is 0 Å². The van der Waals surface area contributed by atoms with Gasteiger partial charge >= 0.3 is 0 Å². The largest absolute Gasteiger partial charge is 0.344 e. The molecular formula is C11H18N2O3. The van der Waals surface area contributed by atoms with Crippen molar-refractivity contribution in [2.75, 3.05) is 0 Å². The molecule has 1 unspecified atom stereocenters. The summed E-state index contributed by atoms with van der Waals surface area (Å²) in [6.07, 6.45) is 1.92. The maximum absolute atomic E-state index is 11.5. The first-order chi connectivity index (χ1) is 7.49. The molecule has 0 saturated carbocycles. The molecule has 1 rings (SSSR count).